The highest BCUT2D eigenvalue weighted by Crippen LogP contribution is 2.40. The summed E-state index contributed by atoms with van der Waals surface area (Å²) in [4.78, 5) is 49.3. The molecule has 19 heteroatoms. The zero-order chi connectivity index (χ0) is 51.3. The van der Waals surface area contributed by atoms with Crippen LogP contribution in [0.15, 0.2) is 24.3 Å². The van der Waals surface area contributed by atoms with Crippen molar-refractivity contribution in [2.75, 3.05) is 13.2 Å². The van der Waals surface area contributed by atoms with Gasteiger partial charge in [0.25, 0.3) is 0 Å². The van der Waals surface area contributed by atoms with Gasteiger partial charge in [-0.3, -0.25) is 9.59 Å². The maximum Gasteiger partial charge on any atom is 0.224 e. The van der Waals surface area contributed by atoms with Gasteiger partial charge in [0, 0.05) is 33.1 Å². The van der Waals surface area contributed by atoms with Crippen molar-refractivity contribution >= 4 is 67.2 Å². The zero-order valence-electron chi connectivity index (χ0n) is 41.3. The molecule has 382 valence electrons. The van der Waals surface area contributed by atoms with Crippen molar-refractivity contribution in [3.05, 3.63) is 80.4 Å². The van der Waals surface area contributed by atoms with E-state index in [0.717, 1.165) is 78.4 Å². The van der Waals surface area contributed by atoms with Crippen molar-refractivity contribution in [3.8, 4) is 0 Å². The van der Waals surface area contributed by atoms with Gasteiger partial charge in [-0.1, -0.05) is 27.7 Å². The molecule has 0 aromatic carbocycles. The minimum absolute atomic E-state index is 0.202. The highest BCUT2D eigenvalue weighted by Gasteiger charge is 2.45. The summed E-state index contributed by atoms with van der Waals surface area (Å²) in [5, 5.41) is 88.8. The van der Waals surface area contributed by atoms with Gasteiger partial charge in [-0.25, -0.2) is 9.97 Å². The van der Waals surface area contributed by atoms with Crippen LogP contribution in [-0.4, -0.2) is 152 Å². The fourth-order valence-electron chi connectivity index (χ4n) is 10.7. The summed E-state index contributed by atoms with van der Waals surface area (Å²) in [6.07, 6.45) is -10.0. The Balaban J connectivity index is 1.36. The van der Waals surface area contributed by atoms with Crippen LogP contribution < -0.4 is 10.6 Å². The number of hydrogen-bond donors (Lipinski definition) is 13. The van der Waals surface area contributed by atoms with Crippen LogP contribution in [0.5, 0.6) is 0 Å². The second-order valence-electron chi connectivity index (χ2n) is 18.9. The molecule has 2 unspecified atom stereocenters. The Bertz CT molecular complexity index is 2810. The molecule has 0 radical (unpaired) electrons. The second kappa shape index (κ2) is 20.9. The molecule has 4 aromatic rings. The summed E-state index contributed by atoms with van der Waals surface area (Å²) in [6, 6.07) is 5.11. The number of aryl methyl sites for hydroxylation is 4. The third-order valence-corrected chi connectivity index (χ3v) is 14.8. The van der Waals surface area contributed by atoms with E-state index in [1.807, 2.05) is 52.0 Å². The molecule has 8 rings (SSSR count). The quantitative estimate of drug-likeness (QED) is 0.0972. The minimum Gasteiger partial charge on any atom is -0.394 e. The lowest BCUT2D eigenvalue weighted by molar-refractivity contribution is -0.253. The van der Waals surface area contributed by atoms with Gasteiger partial charge in [0.1, 0.15) is 48.7 Å². The molecule has 2 saturated heterocycles. The van der Waals surface area contributed by atoms with E-state index in [4.69, 9.17) is 19.4 Å². The number of ether oxygens (including phenoxy) is 2. The summed E-state index contributed by atoms with van der Waals surface area (Å²) in [7, 11) is 0. The number of fused-ring (bicyclic) bond motifs is 11. The van der Waals surface area contributed by atoms with E-state index in [2.05, 4.69) is 53.3 Å². The number of aliphatic hydroxyl groups is 8. The van der Waals surface area contributed by atoms with Crippen molar-refractivity contribution in [2.45, 2.75) is 155 Å². The molecule has 0 aliphatic carbocycles. The molecule has 10 atom stereocenters. The molecule has 4 aliphatic heterocycles. The molecule has 10 bridgehead atoms. The summed E-state index contributed by atoms with van der Waals surface area (Å²) < 4.78 is 10.6. The maximum absolute atomic E-state index is 14.0. The number of aromatic amines is 3. The van der Waals surface area contributed by atoms with Gasteiger partial charge in [-0.05, 0) is 133 Å². The number of aliphatic hydroxyl groups excluding tert-OH is 8. The molecule has 71 heavy (non-hydrogen) atoms. The lowest BCUT2D eigenvalue weighted by Crippen LogP contribution is -2.64. The molecule has 2 amide bonds. The number of nitrogens with zero attached hydrogens (tertiary/aromatic N) is 2. The lowest BCUT2D eigenvalue weighted by Gasteiger charge is -2.40. The van der Waals surface area contributed by atoms with E-state index in [1.165, 1.54) is 0 Å². The summed E-state index contributed by atoms with van der Waals surface area (Å²) in [6.45, 7) is 14.9. The van der Waals surface area contributed by atoms with Gasteiger partial charge in [0.15, 0.2) is 12.6 Å². The smallest absolute Gasteiger partial charge is 0.224 e. The Hall–Kier alpha value is -5.58. The first kappa shape index (κ1) is 51.8. The topological polar surface area (TPSA) is 312 Å². The molecule has 0 saturated carbocycles. The molecule has 8 heterocycles. The molecular weight excluding hydrogens is 915 g/mol. The summed E-state index contributed by atoms with van der Waals surface area (Å²) in [5.74, 6) is -1.13. The van der Waals surface area contributed by atoms with Gasteiger partial charge in [-0.15, -0.1) is 0 Å². The molecule has 0 spiro atoms. The number of nitrogens with one attached hydrogen (secondary N) is 5. The van der Waals surface area contributed by atoms with Gasteiger partial charge in [0.05, 0.1) is 48.8 Å². The highest BCUT2D eigenvalue weighted by molar-refractivity contribution is 6.00. The van der Waals surface area contributed by atoms with E-state index < -0.39 is 86.3 Å². The Labute approximate surface area is 410 Å². The van der Waals surface area contributed by atoms with Crippen molar-refractivity contribution in [1.29, 1.82) is 0 Å². The van der Waals surface area contributed by atoms with Crippen molar-refractivity contribution in [1.82, 2.24) is 35.6 Å². The largest absolute Gasteiger partial charge is 0.394 e. The van der Waals surface area contributed by atoms with E-state index in [9.17, 15) is 50.4 Å². The number of carbonyl (C=O) groups is 2. The number of hydrogen-bond acceptors (Lipinski definition) is 14. The average molecular weight is 982 g/mol. The number of amides is 2. The molecule has 4 aromatic heterocycles. The molecule has 2 fully saturated rings. The first-order valence-corrected chi connectivity index (χ1v) is 24.5. The van der Waals surface area contributed by atoms with E-state index >= 15 is 0 Å². The monoisotopic (exact) mass is 981 g/mol. The Morgan fingerprint density at radius 3 is 1.21 bits per heavy atom. The number of aromatic nitrogens is 5. The van der Waals surface area contributed by atoms with Crippen molar-refractivity contribution in [2.24, 2.45) is 0 Å². The Kier molecular flexibility index (Phi) is 15.2. The SMILES string of the molecule is CCC1=C(C)c2nc1cc1[nH]c(cc3[nH]c(cc4[nH]c(cc5nc2C(C)=C5CC)c(C)c4CC(=O)N[C@H]2C(O)O[C@H](CO)[C@@H](O)[C@@H]2O)c(CC)c3CC)c(CC(=O)N[C@H]2C(O)O[C@H](CO)[C@@H](O)[C@@H]2O)c1C. The summed E-state index contributed by atoms with van der Waals surface area (Å²) >= 11 is 0. The number of allylic oxidation sites excluding steroid dienone is 4. The highest BCUT2D eigenvalue weighted by atomic mass is 16.6. The first-order chi connectivity index (χ1) is 33.9. The molecule has 13 N–H and O–H groups in total. The van der Waals surface area contributed by atoms with Crippen LogP contribution in [0.2, 0.25) is 0 Å². The van der Waals surface area contributed by atoms with Crippen LogP contribution in [0.1, 0.15) is 111 Å². The number of H-pyrrole nitrogens is 3. The van der Waals surface area contributed by atoms with E-state index in [0.29, 0.717) is 58.9 Å². The third kappa shape index (κ3) is 9.51. The van der Waals surface area contributed by atoms with Crippen LogP contribution in [0, 0.1) is 13.8 Å². The average Bonchev–Trinajstić information content (AvgIpc) is 4.10. The minimum atomic E-state index is -1.70. The molecule has 4 aliphatic rings. The Morgan fingerprint density at radius 1 is 0.521 bits per heavy atom. The lowest BCUT2D eigenvalue weighted by atomic mass is 9.96. The second-order valence-corrected chi connectivity index (χ2v) is 18.9. The van der Waals surface area contributed by atoms with E-state index in [1.54, 1.807) is 0 Å². The van der Waals surface area contributed by atoms with Crippen LogP contribution in [-0.2, 0) is 44.7 Å². The van der Waals surface area contributed by atoms with Gasteiger partial charge >= 0.3 is 0 Å². The molecular formula is C52H67N7O12. The van der Waals surface area contributed by atoms with Crippen molar-refractivity contribution in [3.63, 3.8) is 0 Å². The van der Waals surface area contributed by atoms with Gasteiger partial charge in [-0.2, -0.15) is 0 Å². The van der Waals surface area contributed by atoms with Crippen molar-refractivity contribution < 1.29 is 59.9 Å². The number of rotatable bonds is 12. The fourth-order valence-corrected chi connectivity index (χ4v) is 10.7. The Morgan fingerprint density at radius 2 is 0.873 bits per heavy atom. The predicted octanol–water partition coefficient (Wildman–Crippen LogP) is 2.70. The fraction of sp³-hybridized carbons (Fsp3) is 0.500. The van der Waals surface area contributed by atoms with Crippen LogP contribution >= 0.6 is 0 Å². The van der Waals surface area contributed by atoms with Gasteiger partial charge < -0.3 is 75.9 Å². The summed E-state index contributed by atoms with van der Waals surface area (Å²) in [5.41, 5.74) is 15.9. The zero-order valence-corrected chi connectivity index (χ0v) is 41.3. The normalized spacial score (nSPS) is 25.8. The number of carbonyl (C=O) groups excluding carboxylic acids is 2. The third-order valence-electron chi connectivity index (χ3n) is 14.8. The standard InChI is InChI=1S/C52H67N7O12/c1-9-25-23(7)43-44-24(8)26(10-2)34(57-44)16-32-22(6)30(14-42(63)59-46-50(67)48(65)40(20-61)71-52(46)69)38(54-32)18-36-28(12-4)27(11-3)35(55-36)17-37-29(21(5)31(53-37)15-33(25)56-43)13-41(62)58-45-49(66)47(64)39(19-60)70-51(45)68/h15-18,39-40,45-55,60-61,64-69H,9-14,19-20H2,1-8H3,(H,58,62)(H,59,63)/t39-,40-,45-,46-,47-,48-,49-,50-,51?,52?/m1/s1. The first-order valence-electron chi connectivity index (χ1n) is 24.5. The van der Waals surface area contributed by atoms with E-state index in [-0.39, 0.29) is 12.8 Å². The predicted molar refractivity (Wildman–Crippen MR) is 267 cm³/mol. The van der Waals surface area contributed by atoms with Crippen LogP contribution in [0.25, 0.3) is 55.4 Å². The van der Waals surface area contributed by atoms with Gasteiger partial charge in [0.2, 0.25) is 11.8 Å². The van der Waals surface area contributed by atoms with Crippen LogP contribution in [0.4, 0.5) is 0 Å². The van der Waals surface area contributed by atoms with Crippen LogP contribution in [0.3, 0.4) is 0 Å². The maximum atomic E-state index is 14.0. The molecule has 19 nitrogen and oxygen atoms in total.